The van der Waals surface area contributed by atoms with E-state index >= 15 is 0 Å². The van der Waals surface area contributed by atoms with Gasteiger partial charge in [0.25, 0.3) is 15.9 Å². The summed E-state index contributed by atoms with van der Waals surface area (Å²) in [6.07, 6.45) is 1.20. The third kappa shape index (κ3) is 2.58. The Balaban J connectivity index is 2.42. The van der Waals surface area contributed by atoms with Gasteiger partial charge in [0.1, 0.15) is 4.90 Å². The molecule has 4 N–H and O–H groups in total. The molecule has 0 saturated carbocycles. The summed E-state index contributed by atoms with van der Waals surface area (Å²) in [7, 11) is -3.81. The predicted molar refractivity (Wildman–Crippen MR) is 69.1 cm³/mol. The van der Waals surface area contributed by atoms with Crippen molar-refractivity contribution >= 4 is 21.6 Å². The van der Waals surface area contributed by atoms with Crippen LogP contribution in [0, 0.1) is 6.92 Å². The number of carbonyl (C=O) groups excluding carboxylic acids is 1. The summed E-state index contributed by atoms with van der Waals surface area (Å²) in [4.78, 5) is 11.3. The topological polar surface area (TPSA) is 118 Å². The molecule has 0 fully saturated rings. The van der Waals surface area contributed by atoms with Gasteiger partial charge in [0.05, 0.1) is 23.1 Å². The summed E-state index contributed by atoms with van der Waals surface area (Å²) in [5.41, 5.74) is 5.83. The smallest absolute Gasteiger partial charge is 0.265 e. The number of aromatic nitrogens is 2. The fourth-order valence-corrected chi connectivity index (χ4v) is 2.81. The van der Waals surface area contributed by atoms with Crippen LogP contribution in [0.4, 0.5) is 5.69 Å². The number of hydrogen-bond donors (Lipinski definition) is 3. The van der Waals surface area contributed by atoms with Crippen molar-refractivity contribution < 1.29 is 13.2 Å². The molecule has 0 unspecified atom stereocenters. The van der Waals surface area contributed by atoms with E-state index in [0.717, 1.165) is 0 Å². The Morgan fingerprint density at radius 2 is 2.05 bits per heavy atom. The second-order valence-electron chi connectivity index (χ2n) is 3.87. The van der Waals surface area contributed by atoms with Crippen LogP contribution < -0.4 is 10.5 Å². The maximum Gasteiger partial charge on any atom is 0.265 e. The first-order chi connectivity index (χ1) is 8.92. The number of rotatable bonds is 4. The largest absolute Gasteiger partial charge is 0.366 e. The molecule has 0 bridgehead atoms. The lowest BCUT2D eigenvalue weighted by atomic mass is 10.2. The summed E-state index contributed by atoms with van der Waals surface area (Å²) in [6.45, 7) is 1.58. The van der Waals surface area contributed by atoms with Crippen LogP contribution in [0.5, 0.6) is 0 Å². The number of benzene rings is 1. The maximum atomic E-state index is 12.1. The second kappa shape index (κ2) is 4.73. The Kier molecular flexibility index (Phi) is 3.26. The van der Waals surface area contributed by atoms with E-state index in [4.69, 9.17) is 5.73 Å². The van der Waals surface area contributed by atoms with Crippen LogP contribution in [0.2, 0.25) is 0 Å². The molecule has 0 aliphatic rings. The van der Waals surface area contributed by atoms with Crippen LogP contribution in [0.1, 0.15) is 16.1 Å². The number of amides is 1. The molecule has 0 radical (unpaired) electrons. The van der Waals surface area contributed by atoms with E-state index in [0.29, 0.717) is 5.69 Å². The quantitative estimate of drug-likeness (QED) is 0.760. The van der Waals surface area contributed by atoms with Gasteiger partial charge in [0, 0.05) is 0 Å². The van der Waals surface area contributed by atoms with Crippen LogP contribution in [0.15, 0.2) is 35.4 Å². The van der Waals surface area contributed by atoms with Gasteiger partial charge >= 0.3 is 0 Å². The summed E-state index contributed by atoms with van der Waals surface area (Å²) < 4.78 is 26.6. The Morgan fingerprint density at radius 3 is 2.63 bits per heavy atom. The van der Waals surface area contributed by atoms with Crippen molar-refractivity contribution in [3.05, 3.63) is 41.7 Å². The molecule has 2 rings (SSSR count). The number of para-hydroxylation sites is 1. The number of sulfonamides is 1. The minimum Gasteiger partial charge on any atom is -0.366 e. The molecule has 100 valence electrons. The van der Waals surface area contributed by atoms with Crippen molar-refractivity contribution in [2.75, 3.05) is 4.72 Å². The summed E-state index contributed by atoms with van der Waals surface area (Å²) in [5.74, 6) is -0.706. The van der Waals surface area contributed by atoms with Crippen molar-refractivity contribution in [1.29, 1.82) is 0 Å². The van der Waals surface area contributed by atoms with Crippen LogP contribution in [0.25, 0.3) is 0 Å². The van der Waals surface area contributed by atoms with Gasteiger partial charge in [-0.3, -0.25) is 14.6 Å². The van der Waals surface area contributed by atoms with Gasteiger partial charge in [-0.05, 0) is 19.1 Å². The van der Waals surface area contributed by atoms with Gasteiger partial charge in [-0.15, -0.1) is 0 Å². The number of H-pyrrole nitrogens is 1. The SMILES string of the molecule is Cc1[nH]ncc1S(=O)(=O)Nc1ccccc1C(N)=O. The highest BCUT2D eigenvalue weighted by Crippen LogP contribution is 2.20. The molecule has 19 heavy (non-hydrogen) atoms. The zero-order valence-corrected chi connectivity index (χ0v) is 10.9. The van der Waals surface area contributed by atoms with Gasteiger partial charge in [-0.2, -0.15) is 5.10 Å². The molecule has 1 amide bonds. The van der Waals surface area contributed by atoms with E-state index in [-0.39, 0.29) is 16.1 Å². The molecule has 0 aliphatic carbocycles. The molecule has 2 aromatic rings. The van der Waals surface area contributed by atoms with Crippen molar-refractivity contribution in [3.63, 3.8) is 0 Å². The van der Waals surface area contributed by atoms with E-state index < -0.39 is 15.9 Å². The number of nitrogens with two attached hydrogens (primary N) is 1. The first kappa shape index (κ1) is 13.1. The third-order valence-corrected chi connectivity index (χ3v) is 3.99. The predicted octanol–water partition coefficient (Wildman–Crippen LogP) is 0.618. The summed E-state index contributed by atoms with van der Waals surface area (Å²) >= 11 is 0. The molecule has 7 nitrogen and oxygen atoms in total. The van der Waals surface area contributed by atoms with Crippen molar-refractivity contribution in [3.8, 4) is 0 Å². The number of anilines is 1. The molecule has 1 heterocycles. The van der Waals surface area contributed by atoms with Crippen LogP contribution in [-0.2, 0) is 10.0 Å². The summed E-state index contributed by atoms with van der Waals surface area (Å²) in [6, 6.07) is 6.11. The zero-order chi connectivity index (χ0) is 14.0. The zero-order valence-electron chi connectivity index (χ0n) is 10.0. The highest BCUT2D eigenvalue weighted by molar-refractivity contribution is 7.92. The number of hydrogen-bond acceptors (Lipinski definition) is 4. The average Bonchev–Trinajstić information content (AvgIpc) is 2.76. The molecule has 0 spiro atoms. The normalized spacial score (nSPS) is 11.2. The molecular formula is C11H12N4O3S. The van der Waals surface area contributed by atoms with Crippen molar-refractivity contribution in [1.82, 2.24) is 10.2 Å². The number of aryl methyl sites for hydroxylation is 1. The molecular weight excluding hydrogens is 268 g/mol. The molecule has 0 atom stereocenters. The maximum absolute atomic E-state index is 12.1. The van der Waals surface area contributed by atoms with Crippen LogP contribution in [0.3, 0.4) is 0 Å². The Bertz CT molecular complexity index is 721. The Labute approximate surface area is 109 Å². The Hall–Kier alpha value is -2.35. The number of nitrogens with one attached hydrogen (secondary N) is 2. The van der Waals surface area contributed by atoms with Crippen LogP contribution >= 0.6 is 0 Å². The summed E-state index contributed by atoms with van der Waals surface area (Å²) in [5, 5.41) is 6.19. The monoisotopic (exact) mass is 280 g/mol. The van der Waals surface area contributed by atoms with E-state index in [9.17, 15) is 13.2 Å². The van der Waals surface area contributed by atoms with Gasteiger partial charge in [0.2, 0.25) is 0 Å². The van der Waals surface area contributed by atoms with Gasteiger partial charge in [-0.1, -0.05) is 12.1 Å². The lowest BCUT2D eigenvalue weighted by Gasteiger charge is -2.09. The van der Waals surface area contributed by atoms with Crippen molar-refractivity contribution in [2.24, 2.45) is 5.73 Å². The van der Waals surface area contributed by atoms with E-state index in [1.807, 2.05) is 0 Å². The molecule has 0 saturated heterocycles. The third-order valence-electron chi connectivity index (χ3n) is 2.51. The lowest BCUT2D eigenvalue weighted by Crippen LogP contribution is -2.18. The second-order valence-corrected chi connectivity index (χ2v) is 5.53. The highest BCUT2D eigenvalue weighted by Gasteiger charge is 2.20. The molecule has 1 aromatic carbocycles. The van der Waals surface area contributed by atoms with Gasteiger partial charge < -0.3 is 5.73 Å². The van der Waals surface area contributed by atoms with Gasteiger partial charge in [0.15, 0.2) is 0 Å². The fourth-order valence-electron chi connectivity index (χ4n) is 1.60. The van der Waals surface area contributed by atoms with Gasteiger partial charge in [-0.25, -0.2) is 8.42 Å². The first-order valence-corrected chi connectivity index (χ1v) is 6.82. The molecule has 1 aromatic heterocycles. The minimum atomic E-state index is -3.81. The van der Waals surface area contributed by atoms with E-state index in [2.05, 4.69) is 14.9 Å². The number of nitrogens with zero attached hydrogens (tertiary/aromatic N) is 1. The van der Waals surface area contributed by atoms with E-state index in [1.54, 1.807) is 19.1 Å². The fraction of sp³-hybridized carbons (Fsp3) is 0.0909. The highest BCUT2D eigenvalue weighted by atomic mass is 32.2. The number of aromatic amines is 1. The van der Waals surface area contributed by atoms with E-state index in [1.165, 1.54) is 18.3 Å². The average molecular weight is 280 g/mol. The molecule has 8 heteroatoms. The molecule has 0 aliphatic heterocycles. The minimum absolute atomic E-state index is 0.0202. The standard InChI is InChI=1S/C11H12N4O3S/c1-7-10(6-13-14-7)19(17,18)15-9-5-3-2-4-8(9)11(12)16/h2-6,15H,1H3,(H2,12,16)(H,13,14). The number of primary amides is 1. The first-order valence-electron chi connectivity index (χ1n) is 5.33. The Morgan fingerprint density at radius 1 is 1.37 bits per heavy atom. The number of carbonyl (C=O) groups is 1. The van der Waals surface area contributed by atoms with Crippen molar-refractivity contribution in [2.45, 2.75) is 11.8 Å². The lowest BCUT2D eigenvalue weighted by molar-refractivity contribution is 0.100. The van der Waals surface area contributed by atoms with Crippen LogP contribution in [-0.4, -0.2) is 24.5 Å².